The number of alkyl halides is 3. The highest BCUT2D eigenvalue weighted by atomic mass is 19.4. The minimum Gasteiger partial charge on any atom is -0.382 e. The number of nitro groups is 1. The SMILES string of the molecule is O=[N+]([O-])c1cc(C(F)(F)F)cc(C2(O)CNC2)c1. The number of rotatable bonds is 2. The second kappa shape index (κ2) is 3.92. The zero-order valence-corrected chi connectivity index (χ0v) is 8.99. The summed E-state index contributed by atoms with van der Waals surface area (Å²) in [5, 5.41) is 23.2. The topological polar surface area (TPSA) is 75.4 Å². The molecule has 2 rings (SSSR count). The number of non-ortho nitro benzene ring substituents is 1. The number of aliphatic hydroxyl groups is 1. The van der Waals surface area contributed by atoms with Crippen LogP contribution in [0.5, 0.6) is 0 Å². The molecule has 1 fully saturated rings. The van der Waals surface area contributed by atoms with Gasteiger partial charge in [0, 0.05) is 25.2 Å². The lowest BCUT2D eigenvalue weighted by molar-refractivity contribution is -0.385. The van der Waals surface area contributed by atoms with Gasteiger partial charge in [0.05, 0.1) is 10.5 Å². The van der Waals surface area contributed by atoms with Crippen LogP contribution in [0.4, 0.5) is 18.9 Å². The molecule has 0 unspecified atom stereocenters. The lowest BCUT2D eigenvalue weighted by Crippen LogP contribution is -2.56. The highest BCUT2D eigenvalue weighted by Gasteiger charge is 2.40. The maximum atomic E-state index is 12.6. The van der Waals surface area contributed by atoms with Crippen molar-refractivity contribution in [3.63, 3.8) is 0 Å². The van der Waals surface area contributed by atoms with Gasteiger partial charge in [-0.2, -0.15) is 13.2 Å². The maximum absolute atomic E-state index is 12.6. The maximum Gasteiger partial charge on any atom is 0.416 e. The van der Waals surface area contributed by atoms with E-state index in [-0.39, 0.29) is 18.7 Å². The van der Waals surface area contributed by atoms with Crippen molar-refractivity contribution in [2.24, 2.45) is 0 Å². The zero-order chi connectivity index (χ0) is 13.6. The minimum absolute atomic E-state index is 0.0749. The van der Waals surface area contributed by atoms with E-state index < -0.39 is 28.0 Å². The molecule has 0 amide bonds. The Balaban J connectivity index is 2.53. The van der Waals surface area contributed by atoms with Crippen LogP contribution < -0.4 is 5.32 Å². The predicted octanol–water partition coefficient (Wildman–Crippen LogP) is 1.40. The molecule has 8 heteroatoms. The molecule has 5 nitrogen and oxygen atoms in total. The zero-order valence-electron chi connectivity index (χ0n) is 8.99. The molecule has 1 aliphatic rings. The van der Waals surface area contributed by atoms with Crippen molar-refractivity contribution in [3.8, 4) is 0 Å². The highest BCUT2D eigenvalue weighted by Crippen LogP contribution is 2.36. The number of hydrogen-bond acceptors (Lipinski definition) is 4. The molecule has 0 aliphatic carbocycles. The van der Waals surface area contributed by atoms with Gasteiger partial charge >= 0.3 is 6.18 Å². The van der Waals surface area contributed by atoms with Crippen molar-refractivity contribution in [2.75, 3.05) is 13.1 Å². The first kappa shape index (κ1) is 12.8. The van der Waals surface area contributed by atoms with E-state index in [9.17, 15) is 28.4 Å². The Bertz CT molecular complexity index is 498. The van der Waals surface area contributed by atoms with Crippen molar-refractivity contribution in [3.05, 3.63) is 39.4 Å². The van der Waals surface area contributed by atoms with Gasteiger partial charge in [-0.25, -0.2) is 0 Å². The number of β-amino-alcohol motifs (C(OH)–C–C–N with tert-alkyl or cyclic N) is 1. The predicted molar refractivity (Wildman–Crippen MR) is 54.9 cm³/mol. The number of nitrogens with zero attached hydrogens (tertiary/aromatic N) is 1. The molecule has 0 aromatic heterocycles. The summed E-state index contributed by atoms with van der Waals surface area (Å²) in [6.45, 7) is 0.150. The van der Waals surface area contributed by atoms with Gasteiger partial charge in [0.1, 0.15) is 5.60 Å². The summed E-state index contributed by atoms with van der Waals surface area (Å²) >= 11 is 0. The highest BCUT2D eigenvalue weighted by molar-refractivity contribution is 5.43. The molecular weight excluding hydrogens is 253 g/mol. The summed E-state index contributed by atoms with van der Waals surface area (Å²) < 4.78 is 37.8. The Kier molecular flexibility index (Phi) is 2.78. The molecule has 0 radical (unpaired) electrons. The molecule has 1 aromatic carbocycles. The van der Waals surface area contributed by atoms with Crippen molar-refractivity contribution in [1.82, 2.24) is 5.32 Å². The molecule has 0 atom stereocenters. The average molecular weight is 262 g/mol. The van der Waals surface area contributed by atoms with E-state index >= 15 is 0 Å². The average Bonchev–Trinajstić information content (AvgIpc) is 2.24. The lowest BCUT2D eigenvalue weighted by Gasteiger charge is -2.38. The van der Waals surface area contributed by atoms with Crippen LogP contribution in [0.25, 0.3) is 0 Å². The second-order valence-corrected chi connectivity index (χ2v) is 4.16. The quantitative estimate of drug-likeness (QED) is 0.624. The van der Waals surface area contributed by atoms with Crippen LogP contribution in [0.1, 0.15) is 11.1 Å². The first-order valence-corrected chi connectivity index (χ1v) is 5.03. The fourth-order valence-electron chi connectivity index (χ4n) is 1.71. The summed E-state index contributed by atoms with van der Waals surface area (Å²) in [7, 11) is 0. The van der Waals surface area contributed by atoms with Crippen LogP contribution in [0, 0.1) is 10.1 Å². The molecule has 0 saturated carbocycles. The van der Waals surface area contributed by atoms with Crippen LogP contribution in [0.3, 0.4) is 0 Å². The third-order valence-corrected chi connectivity index (χ3v) is 2.83. The van der Waals surface area contributed by atoms with Crippen LogP contribution in [0.15, 0.2) is 18.2 Å². The molecule has 1 heterocycles. The first-order chi connectivity index (χ1) is 8.22. The monoisotopic (exact) mass is 262 g/mol. The number of halogens is 3. The Morgan fingerprint density at radius 2 is 1.94 bits per heavy atom. The third-order valence-electron chi connectivity index (χ3n) is 2.83. The first-order valence-electron chi connectivity index (χ1n) is 5.03. The number of nitrogens with one attached hydrogen (secondary N) is 1. The van der Waals surface area contributed by atoms with Gasteiger partial charge in [0.2, 0.25) is 0 Å². The fourth-order valence-corrected chi connectivity index (χ4v) is 1.71. The van der Waals surface area contributed by atoms with Crippen LogP contribution >= 0.6 is 0 Å². The van der Waals surface area contributed by atoms with E-state index in [0.717, 1.165) is 12.1 Å². The van der Waals surface area contributed by atoms with Crippen LogP contribution in [-0.4, -0.2) is 23.1 Å². The molecule has 1 aromatic rings. The Hall–Kier alpha value is -1.67. The molecule has 1 aliphatic heterocycles. The van der Waals surface area contributed by atoms with E-state index in [1.165, 1.54) is 0 Å². The largest absolute Gasteiger partial charge is 0.416 e. The molecule has 18 heavy (non-hydrogen) atoms. The molecule has 0 bridgehead atoms. The second-order valence-electron chi connectivity index (χ2n) is 4.16. The number of nitro benzene ring substituents is 1. The molecule has 1 saturated heterocycles. The normalized spacial score (nSPS) is 18.2. The lowest BCUT2D eigenvalue weighted by atomic mass is 9.87. The third kappa shape index (κ3) is 2.16. The summed E-state index contributed by atoms with van der Waals surface area (Å²) in [5.74, 6) is 0. The van der Waals surface area contributed by atoms with E-state index in [1.54, 1.807) is 0 Å². The number of hydrogen-bond donors (Lipinski definition) is 2. The minimum atomic E-state index is -4.69. The fraction of sp³-hybridized carbons (Fsp3) is 0.400. The van der Waals surface area contributed by atoms with Gasteiger partial charge < -0.3 is 10.4 Å². The summed E-state index contributed by atoms with van der Waals surface area (Å²) in [5.41, 5.74) is -3.37. The van der Waals surface area contributed by atoms with E-state index in [1.807, 2.05) is 0 Å². The van der Waals surface area contributed by atoms with E-state index in [0.29, 0.717) is 6.07 Å². The summed E-state index contributed by atoms with van der Waals surface area (Å²) in [4.78, 5) is 9.70. The van der Waals surface area contributed by atoms with Gasteiger partial charge in [-0.3, -0.25) is 10.1 Å². The number of benzene rings is 1. The van der Waals surface area contributed by atoms with Gasteiger partial charge in [-0.15, -0.1) is 0 Å². The Morgan fingerprint density at radius 1 is 1.33 bits per heavy atom. The van der Waals surface area contributed by atoms with Crippen molar-refractivity contribution < 1.29 is 23.2 Å². The van der Waals surface area contributed by atoms with Gasteiger partial charge in [0.15, 0.2) is 0 Å². The molecule has 0 spiro atoms. The smallest absolute Gasteiger partial charge is 0.382 e. The van der Waals surface area contributed by atoms with Gasteiger partial charge in [-0.05, 0) is 11.6 Å². The molecule has 98 valence electrons. The summed E-state index contributed by atoms with van der Waals surface area (Å²) in [6, 6.07) is 2.17. The molecular formula is C10H9F3N2O3. The Labute approximate surface area is 99.4 Å². The molecule has 2 N–H and O–H groups in total. The standard InChI is InChI=1S/C10H9F3N2O3/c11-10(12,13)7-1-6(9(16)4-14-5-9)2-8(3-7)15(17)18/h1-3,14,16H,4-5H2. The van der Waals surface area contributed by atoms with Crippen LogP contribution in [0.2, 0.25) is 0 Å². The van der Waals surface area contributed by atoms with Gasteiger partial charge in [0.25, 0.3) is 5.69 Å². The van der Waals surface area contributed by atoms with Gasteiger partial charge in [-0.1, -0.05) is 0 Å². The van der Waals surface area contributed by atoms with E-state index in [2.05, 4.69) is 5.32 Å². The summed E-state index contributed by atoms with van der Waals surface area (Å²) in [6.07, 6.45) is -4.69. The van der Waals surface area contributed by atoms with Crippen molar-refractivity contribution >= 4 is 5.69 Å². The van der Waals surface area contributed by atoms with Crippen molar-refractivity contribution in [2.45, 2.75) is 11.8 Å². The Morgan fingerprint density at radius 3 is 2.33 bits per heavy atom. The van der Waals surface area contributed by atoms with Crippen LogP contribution in [-0.2, 0) is 11.8 Å². The van der Waals surface area contributed by atoms with Crippen molar-refractivity contribution in [1.29, 1.82) is 0 Å². The van der Waals surface area contributed by atoms with E-state index in [4.69, 9.17) is 0 Å².